The van der Waals surface area contributed by atoms with Gasteiger partial charge in [0.05, 0.1) is 10.2 Å². The van der Waals surface area contributed by atoms with Crippen molar-refractivity contribution in [1.82, 2.24) is 4.98 Å². The molecule has 4 N–H and O–H groups in total. The van der Waals surface area contributed by atoms with E-state index in [1.165, 1.54) is 22.5 Å². The maximum atomic E-state index is 5.70. The molecular weight excluding hydrogens is 242 g/mol. The number of nitrogen functional groups attached to an aromatic ring is 2. The van der Waals surface area contributed by atoms with Crippen molar-refractivity contribution in [3.63, 3.8) is 0 Å². The van der Waals surface area contributed by atoms with Crippen molar-refractivity contribution >= 4 is 32.4 Å². The van der Waals surface area contributed by atoms with Gasteiger partial charge in [-0.15, -0.1) is 0 Å². The SMILES string of the molecule is Nc1ccc(Cc2ccc3nc(N)sc3c2)cc1. The fourth-order valence-corrected chi connectivity index (χ4v) is 2.77. The van der Waals surface area contributed by atoms with Gasteiger partial charge in [0.2, 0.25) is 0 Å². The van der Waals surface area contributed by atoms with Crippen LogP contribution in [0.25, 0.3) is 10.2 Å². The number of rotatable bonds is 2. The molecule has 18 heavy (non-hydrogen) atoms. The Bertz CT molecular complexity index is 686. The highest BCUT2D eigenvalue weighted by atomic mass is 32.1. The lowest BCUT2D eigenvalue weighted by Crippen LogP contribution is -1.89. The Morgan fingerprint density at radius 2 is 1.67 bits per heavy atom. The van der Waals surface area contributed by atoms with Crippen LogP contribution in [0.15, 0.2) is 42.5 Å². The molecule has 90 valence electrons. The smallest absolute Gasteiger partial charge is 0.181 e. The predicted molar refractivity (Wildman–Crippen MR) is 77.7 cm³/mol. The Morgan fingerprint density at radius 3 is 2.44 bits per heavy atom. The Kier molecular flexibility index (Phi) is 2.64. The van der Waals surface area contributed by atoms with E-state index in [-0.39, 0.29) is 0 Å². The third kappa shape index (κ3) is 2.15. The molecule has 0 unspecified atom stereocenters. The monoisotopic (exact) mass is 255 g/mol. The third-order valence-electron chi connectivity index (χ3n) is 2.86. The van der Waals surface area contributed by atoms with Gasteiger partial charge in [0, 0.05) is 5.69 Å². The van der Waals surface area contributed by atoms with Crippen LogP contribution in [0.3, 0.4) is 0 Å². The molecule has 0 radical (unpaired) electrons. The summed E-state index contributed by atoms with van der Waals surface area (Å²) in [5, 5.41) is 0.620. The number of fused-ring (bicyclic) bond motifs is 1. The molecule has 0 spiro atoms. The van der Waals surface area contributed by atoms with Crippen LogP contribution >= 0.6 is 11.3 Å². The second kappa shape index (κ2) is 4.31. The minimum atomic E-state index is 0.620. The average molecular weight is 255 g/mol. The molecule has 0 amide bonds. The third-order valence-corrected chi connectivity index (χ3v) is 3.70. The summed E-state index contributed by atoms with van der Waals surface area (Å²) in [5.41, 5.74) is 15.7. The average Bonchev–Trinajstić information content (AvgIpc) is 2.71. The number of anilines is 2. The minimum absolute atomic E-state index is 0.620. The first-order valence-corrected chi connectivity index (χ1v) is 6.52. The second-order valence-corrected chi connectivity index (χ2v) is 5.33. The quantitative estimate of drug-likeness (QED) is 0.692. The molecule has 1 aromatic heterocycles. The van der Waals surface area contributed by atoms with E-state index in [1.807, 2.05) is 18.2 Å². The highest BCUT2D eigenvalue weighted by molar-refractivity contribution is 7.22. The molecular formula is C14H13N3S. The molecule has 0 aliphatic rings. The van der Waals surface area contributed by atoms with Crippen molar-refractivity contribution in [2.75, 3.05) is 11.5 Å². The number of nitrogens with zero attached hydrogens (tertiary/aromatic N) is 1. The highest BCUT2D eigenvalue weighted by Gasteiger charge is 2.03. The summed E-state index contributed by atoms with van der Waals surface area (Å²) in [6.07, 6.45) is 0.897. The number of hydrogen-bond donors (Lipinski definition) is 2. The molecule has 2 aromatic carbocycles. The molecule has 0 saturated heterocycles. The molecule has 0 atom stereocenters. The van der Waals surface area contributed by atoms with Gasteiger partial charge in [0.15, 0.2) is 5.13 Å². The van der Waals surface area contributed by atoms with Crippen LogP contribution < -0.4 is 11.5 Å². The first-order valence-electron chi connectivity index (χ1n) is 5.70. The van der Waals surface area contributed by atoms with Crippen LogP contribution in [0, 0.1) is 0 Å². The largest absolute Gasteiger partial charge is 0.399 e. The zero-order chi connectivity index (χ0) is 12.5. The molecule has 0 bridgehead atoms. The van der Waals surface area contributed by atoms with E-state index in [2.05, 4.69) is 29.2 Å². The van der Waals surface area contributed by atoms with Gasteiger partial charge < -0.3 is 11.5 Å². The van der Waals surface area contributed by atoms with E-state index in [0.29, 0.717) is 5.13 Å². The maximum Gasteiger partial charge on any atom is 0.181 e. The molecule has 3 aromatic rings. The normalized spacial score (nSPS) is 10.9. The van der Waals surface area contributed by atoms with Crippen LogP contribution in [0.2, 0.25) is 0 Å². The van der Waals surface area contributed by atoms with Gasteiger partial charge in [-0.25, -0.2) is 4.98 Å². The van der Waals surface area contributed by atoms with E-state index >= 15 is 0 Å². The lowest BCUT2D eigenvalue weighted by atomic mass is 10.0. The number of nitrogens with two attached hydrogens (primary N) is 2. The van der Waals surface area contributed by atoms with Gasteiger partial charge in [0.1, 0.15) is 0 Å². The first kappa shape index (κ1) is 11.0. The molecule has 3 nitrogen and oxygen atoms in total. The van der Waals surface area contributed by atoms with Crippen LogP contribution in [-0.4, -0.2) is 4.98 Å². The summed E-state index contributed by atoms with van der Waals surface area (Å²) in [4.78, 5) is 4.25. The van der Waals surface area contributed by atoms with Crippen LogP contribution in [0.1, 0.15) is 11.1 Å². The lowest BCUT2D eigenvalue weighted by Gasteiger charge is -2.02. The molecule has 0 saturated carbocycles. The minimum Gasteiger partial charge on any atom is -0.399 e. The summed E-state index contributed by atoms with van der Waals surface area (Å²) < 4.78 is 1.14. The first-order chi connectivity index (χ1) is 8.70. The zero-order valence-electron chi connectivity index (χ0n) is 9.76. The van der Waals surface area contributed by atoms with E-state index in [0.717, 1.165) is 22.3 Å². The summed E-state index contributed by atoms with van der Waals surface area (Å²) >= 11 is 1.53. The Morgan fingerprint density at radius 1 is 0.944 bits per heavy atom. The fraction of sp³-hybridized carbons (Fsp3) is 0.0714. The van der Waals surface area contributed by atoms with Crippen molar-refractivity contribution in [3.05, 3.63) is 53.6 Å². The van der Waals surface area contributed by atoms with Gasteiger partial charge in [-0.1, -0.05) is 29.5 Å². The van der Waals surface area contributed by atoms with Crippen molar-refractivity contribution in [3.8, 4) is 0 Å². The molecule has 3 rings (SSSR count). The Hall–Kier alpha value is -2.07. The Balaban J connectivity index is 1.92. The van der Waals surface area contributed by atoms with Crippen molar-refractivity contribution in [2.24, 2.45) is 0 Å². The van der Waals surface area contributed by atoms with Gasteiger partial charge in [-0.3, -0.25) is 0 Å². The van der Waals surface area contributed by atoms with E-state index in [4.69, 9.17) is 11.5 Å². The predicted octanol–water partition coefficient (Wildman–Crippen LogP) is 3.05. The number of hydrogen-bond acceptors (Lipinski definition) is 4. The van der Waals surface area contributed by atoms with Crippen molar-refractivity contribution < 1.29 is 0 Å². The molecule has 4 heteroatoms. The fourth-order valence-electron chi connectivity index (χ4n) is 1.97. The summed E-state index contributed by atoms with van der Waals surface area (Å²) in [7, 11) is 0. The van der Waals surface area contributed by atoms with Gasteiger partial charge >= 0.3 is 0 Å². The Labute approximate surface area is 109 Å². The number of benzene rings is 2. The lowest BCUT2D eigenvalue weighted by molar-refractivity contribution is 1.20. The van der Waals surface area contributed by atoms with Gasteiger partial charge in [0.25, 0.3) is 0 Å². The van der Waals surface area contributed by atoms with E-state index in [9.17, 15) is 0 Å². The second-order valence-electron chi connectivity index (χ2n) is 4.27. The number of aromatic nitrogens is 1. The highest BCUT2D eigenvalue weighted by Crippen LogP contribution is 2.25. The molecule has 0 fully saturated rings. The van der Waals surface area contributed by atoms with Crippen molar-refractivity contribution in [1.29, 1.82) is 0 Å². The standard InChI is InChI=1S/C14H13N3S/c15-11-4-1-9(2-5-11)7-10-3-6-12-13(8-10)18-14(16)17-12/h1-6,8H,7,15H2,(H2,16,17). The van der Waals surface area contributed by atoms with E-state index < -0.39 is 0 Å². The maximum absolute atomic E-state index is 5.70. The van der Waals surface area contributed by atoms with Crippen molar-refractivity contribution in [2.45, 2.75) is 6.42 Å². The molecule has 0 aliphatic heterocycles. The molecule has 0 aliphatic carbocycles. The van der Waals surface area contributed by atoms with Gasteiger partial charge in [-0.2, -0.15) is 0 Å². The van der Waals surface area contributed by atoms with Crippen LogP contribution in [0.4, 0.5) is 10.8 Å². The van der Waals surface area contributed by atoms with Gasteiger partial charge in [-0.05, 0) is 41.8 Å². The topological polar surface area (TPSA) is 64.9 Å². The molecule has 1 heterocycles. The number of thiazole rings is 1. The summed E-state index contributed by atoms with van der Waals surface area (Å²) in [6, 6.07) is 14.2. The van der Waals surface area contributed by atoms with E-state index in [1.54, 1.807) is 0 Å². The summed E-state index contributed by atoms with van der Waals surface area (Å²) in [5.74, 6) is 0. The zero-order valence-corrected chi connectivity index (χ0v) is 10.6. The summed E-state index contributed by atoms with van der Waals surface area (Å²) in [6.45, 7) is 0. The van der Waals surface area contributed by atoms with Crippen LogP contribution in [-0.2, 0) is 6.42 Å². The van der Waals surface area contributed by atoms with Crippen LogP contribution in [0.5, 0.6) is 0 Å².